The van der Waals surface area contributed by atoms with Gasteiger partial charge in [-0.2, -0.15) is 0 Å². The molecule has 2 aromatic rings. The number of hydrogen-bond acceptors (Lipinski definition) is 4. The molecule has 0 spiro atoms. The summed E-state index contributed by atoms with van der Waals surface area (Å²) >= 11 is 6.36. The largest absolute Gasteiger partial charge is 0.354 e. The second-order valence-corrected chi connectivity index (χ2v) is 10.7. The van der Waals surface area contributed by atoms with E-state index in [2.05, 4.69) is 5.32 Å². The first-order chi connectivity index (χ1) is 16.0. The minimum absolute atomic E-state index is 0.0842. The molecular formula is C25H34ClN3O4S. The molecule has 34 heavy (non-hydrogen) atoms. The third-order valence-corrected chi connectivity index (χ3v) is 7.08. The number of anilines is 1. The fourth-order valence-corrected chi connectivity index (χ4v) is 5.03. The minimum atomic E-state index is -3.78. The Labute approximate surface area is 208 Å². The maximum absolute atomic E-state index is 13.7. The summed E-state index contributed by atoms with van der Waals surface area (Å²) in [6.45, 7) is 7.53. The van der Waals surface area contributed by atoms with E-state index in [1.165, 1.54) is 4.90 Å². The molecule has 2 amide bonds. The Morgan fingerprint density at radius 1 is 1.03 bits per heavy atom. The number of carbonyl (C=O) groups excluding carboxylic acids is 2. The van der Waals surface area contributed by atoms with E-state index < -0.39 is 28.5 Å². The number of sulfonamides is 1. The molecule has 0 fully saturated rings. The van der Waals surface area contributed by atoms with Crippen molar-refractivity contribution in [3.8, 4) is 0 Å². The second-order valence-electron chi connectivity index (χ2n) is 8.34. The van der Waals surface area contributed by atoms with Gasteiger partial charge in [-0.05, 0) is 49.4 Å². The van der Waals surface area contributed by atoms with Crippen LogP contribution in [-0.4, -0.2) is 50.5 Å². The summed E-state index contributed by atoms with van der Waals surface area (Å²) < 4.78 is 26.7. The summed E-state index contributed by atoms with van der Waals surface area (Å²) in [5.74, 6) is -0.755. The average Bonchev–Trinajstić information content (AvgIpc) is 2.77. The van der Waals surface area contributed by atoms with Crippen molar-refractivity contribution >= 4 is 39.1 Å². The zero-order chi connectivity index (χ0) is 25.5. The maximum Gasteiger partial charge on any atom is 0.244 e. The van der Waals surface area contributed by atoms with Crippen LogP contribution in [0.3, 0.4) is 0 Å². The van der Waals surface area contributed by atoms with E-state index in [0.717, 1.165) is 28.1 Å². The molecule has 1 N–H and O–H groups in total. The smallest absolute Gasteiger partial charge is 0.244 e. The van der Waals surface area contributed by atoms with Crippen LogP contribution in [0.1, 0.15) is 43.4 Å². The van der Waals surface area contributed by atoms with Gasteiger partial charge in [0.25, 0.3) is 0 Å². The van der Waals surface area contributed by atoms with Gasteiger partial charge in [0.1, 0.15) is 12.6 Å². The van der Waals surface area contributed by atoms with E-state index in [1.807, 2.05) is 26.0 Å². The summed E-state index contributed by atoms with van der Waals surface area (Å²) in [4.78, 5) is 28.1. The van der Waals surface area contributed by atoms with Crippen LogP contribution in [0.25, 0.3) is 0 Å². The summed E-state index contributed by atoms with van der Waals surface area (Å²) in [5.41, 5.74) is 2.63. The number of carbonyl (C=O) groups is 2. The third kappa shape index (κ3) is 6.96. The number of halogens is 1. The Kier molecular flexibility index (Phi) is 9.94. The molecule has 9 heteroatoms. The predicted octanol–water partition coefficient (Wildman–Crippen LogP) is 4.06. The van der Waals surface area contributed by atoms with Crippen molar-refractivity contribution in [3.63, 3.8) is 0 Å². The van der Waals surface area contributed by atoms with Crippen molar-refractivity contribution in [2.75, 3.05) is 23.7 Å². The van der Waals surface area contributed by atoms with Crippen LogP contribution >= 0.6 is 11.6 Å². The maximum atomic E-state index is 13.7. The summed E-state index contributed by atoms with van der Waals surface area (Å²) in [6, 6.07) is 11.8. The van der Waals surface area contributed by atoms with Crippen molar-refractivity contribution in [2.24, 2.45) is 0 Å². The van der Waals surface area contributed by atoms with Gasteiger partial charge in [0.05, 0.1) is 11.9 Å². The SMILES string of the molecule is CCCNC(=O)[C@@H](CC)N(Cc1ccccc1Cl)C(=O)CN(c1c(C)cccc1C)S(C)(=O)=O. The number of nitrogens with one attached hydrogen (secondary N) is 1. The standard InChI is InChI=1S/C25H34ClN3O4S/c1-6-15-27-25(31)22(7-2)28(16-20-13-8-9-14-21(20)26)23(30)17-29(34(5,32)33)24-18(3)11-10-12-19(24)4/h8-14,22H,6-7,15-17H2,1-5H3,(H,27,31)/t22-/m1/s1. The van der Waals surface area contributed by atoms with Crippen molar-refractivity contribution < 1.29 is 18.0 Å². The zero-order valence-corrected chi connectivity index (χ0v) is 22.0. The highest BCUT2D eigenvalue weighted by Gasteiger charge is 2.32. The van der Waals surface area contributed by atoms with Crippen LogP contribution in [0.15, 0.2) is 42.5 Å². The van der Waals surface area contributed by atoms with E-state index >= 15 is 0 Å². The van der Waals surface area contributed by atoms with Gasteiger partial charge in [-0.15, -0.1) is 0 Å². The second kappa shape index (κ2) is 12.2. The van der Waals surface area contributed by atoms with Crippen LogP contribution in [0.2, 0.25) is 5.02 Å². The Bertz CT molecular complexity index is 1100. The van der Waals surface area contributed by atoms with Crippen LogP contribution in [0, 0.1) is 13.8 Å². The van der Waals surface area contributed by atoms with Crippen LogP contribution in [-0.2, 0) is 26.2 Å². The molecule has 0 aromatic heterocycles. The first-order valence-corrected chi connectivity index (χ1v) is 13.6. The third-order valence-electron chi connectivity index (χ3n) is 5.60. The van der Waals surface area contributed by atoms with Crippen molar-refractivity contribution in [1.29, 1.82) is 0 Å². The lowest BCUT2D eigenvalue weighted by atomic mass is 10.1. The molecule has 1 atom stereocenters. The molecule has 2 rings (SSSR count). The van der Waals surface area contributed by atoms with Gasteiger partial charge in [-0.3, -0.25) is 13.9 Å². The van der Waals surface area contributed by atoms with Crippen molar-refractivity contribution in [2.45, 2.75) is 53.1 Å². The lowest BCUT2D eigenvalue weighted by Crippen LogP contribution is -2.52. The molecule has 0 aliphatic heterocycles. The fraction of sp³-hybridized carbons (Fsp3) is 0.440. The van der Waals surface area contributed by atoms with E-state index in [-0.39, 0.29) is 12.5 Å². The van der Waals surface area contributed by atoms with Gasteiger partial charge in [0.2, 0.25) is 21.8 Å². The van der Waals surface area contributed by atoms with E-state index in [9.17, 15) is 18.0 Å². The number of benzene rings is 2. The molecule has 2 aromatic carbocycles. The van der Waals surface area contributed by atoms with E-state index in [1.54, 1.807) is 44.2 Å². The molecule has 186 valence electrons. The highest BCUT2D eigenvalue weighted by atomic mass is 35.5. The number of nitrogens with zero attached hydrogens (tertiary/aromatic N) is 2. The van der Waals surface area contributed by atoms with Gasteiger partial charge in [-0.25, -0.2) is 8.42 Å². The summed E-state index contributed by atoms with van der Waals surface area (Å²) in [6.07, 6.45) is 2.21. The molecule has 7 nitrogen and oxygen atoms in total. The van der Waals surface area contributed by atoms with Gasteiger partial charge in [-0.1, -0.05) is 61.8 Å². The number of rotatable bonds is 11. The lowest BCUT2D eigenvalue weighted by molar-refractivity contribution is -0.140. The number of aryl methyl sites for hydroxylation is 2. The highest BCUT2D eigenvalue weighted by Crippen LogP contribution is 2.27. The zero-order valence-electron chi connectivity index (χ0n) is 20.5. The Morgan fingerprint density at radius 2 is 1.65 bits per heavy atom. The van der Waals surface area contributed by atoms with Crippen LogP contribution in [0.5, 0.6) is 0 Å². The molecule has 0 aliphatic rings. The molecule has 0 heterocycles. The van der Waals surface area contributed by atoms with Crippen LogP contribution < -0.4 is 9.62 Å². The normalized spacial score (nSPS) is 12.2. The van der Waals surface area contributed by atoms with Gasteiger partial charge >= 0.3 is 0 Å². The topological polar surface area (TPSA) is 86.8 Å². The van der Waals surface area contributed by atoms with Gasteiger partial charge in [0, 0.05) is 18.1 Å². The average molecular weight is 508 g/mol. The van der Waals surface area contributed by atoms with Crippen molar-refractivity contribution in [1.82, 2.24) is 10.2 Å². The molecular weight excluding hydrogens is 474 g/mol. The summed E-state index contributed by atoms with van der Waals surface area (Å²) in [5, 5.41) is 3.33. The first-order valence-electron chi connectivity index (χ1n) is 11.4. The molecule has 0 bridgehead atoms. The number of amides is 2. The highest BCUT2D eigenvalue weighted by molar-refractivity contribution is 7.92. The van der Waals surface area contributed by atoms with Crippen molar-refractivity contribution in [3.05, 3.63) is 64.2 Å². The minimum Gasteiger partial charge on any atom is -0.354 e. The Balaban J connectivity index is 2.50. The monoisotopic (exact) mass is 507 g/mol. The molecule has 0 unspecified atom stereocenters. The van der Waals surface area contributed by atoms with E-state index in [4.69, 9.17) is 11.6 Å². The summed E-state index contributed by atoms with van der Waals surface area (Å²) in [7, 11) is -3.78. The van der Waals surface area contributed by atoms with Gasteiger partial charge in [0.15, 0.2) is 0 Å². The predicted molar refractivity (Wildman–Crippen MR) is 137 cm³/mol. The molecule has 0 saturated heterocycles. The molecule has 0 saturated carbocycles. The molecule has 0 aliphatic carbocycles. The number of hydrogen-bond donors (Lipinski definition) is 1. The quantitative estimate of drug-likeness (QED) is 0.497. The number of para-hydroxylation sites is 1. The molecule has 0 radical (unpaired) electrons. The lowest BCUT2D eigenvalue weighted by Gasteiger charge is -2.33. The van der Waals surface area contributed by atoms with Gasteiger partial charge < -0.3 is 10.2 Å². The Morgan fingerprint density at radius 3 is 2.18 bits per heavy atom. The van der Waals surface area contributed by atoms with Crippen LogP contribution in [0.4, 0.5) is 5.69 Å². The first kappa shape index (κ1) is 27.7. The van der Waals surface area contributed by atoms with E-state index in [0.29, 0.717) is 29.2 Å². The Hall–Kier alpha value is -2.58. The fourth-order valence-electron chi connectivity index (χ4n) is 3.87.